The number of benzene rings is 1. The molecule has 0 saturated carbocycles. The zero-order valence-corrected chi connectivity index (χ0v) is 13.9. The first kappa shape index (κ1) is 17.9. The highest BCUT2D eigenvalue weighted by Crippen LogP contribution is 2.24. The van der Waals surface area contributed by atoms with Gasteiger partial charge in [0.25, 0.3) is 5.91 Å². The molecule has 0 radical (unpaired) electrons. The van der Waals surface area contributed by atoms with Crippen LogP contribution in [0.25, 0.3) is 0 Å². The molecule has 3 rings (SSSR count). The molecule has 1 saturated heterocycles. The largest absolute Gasteiger partial charge is 0.486 e. The molecule has 2 aromatic rings. The number of carbonyl (C=O) groups excluding carboxylic acids is 1. The summed E-state index contributed by atoms with van der Waals surface area (Å²) in [6.45, 7) is 0.608. The summed E-state index contributed by atoms with van der Waals surface area (Å²) in [5.41, 5.74) is -0.930. The molecule has 1 aliphatic heterocycles. The highest BCUT2D eigenvalue weighted by atomic mass is 19.1. The predicted molar refractivity (Wildman–Crippen MR) is 87.3 cm³/mol. The van der Waals surface area contributed by atoms with E-state index in [4.69, 9.17) is 19.0 Å². The van der Waals surface area contributed by atoms with Crippen LogP contribution in [0, 0.1) is 5.82 Å². The molecule has 2 N–H and O–H groups in total. The van der Waals surface area contributed by atoms with Crippen LogP contribution in [0.4, 0.5) is 4.39 Å². The number of aliphatic carboxylic acids is 1. The van der Waals surface area contributed by atoms with Crippen LogP contribution in [0.1, 0.15) is 29.2 Å². The Hall–Kier alpha value is -2.87. The van der Waals surface area contributed by atoms with Crippen LogP contribution in [-0.4, -0.2) is 35.7 Å². The van der Waals surface area contributed by atoms with E-state index >= 15 is 0 Å². The Morgan fingerprint density at radius 1 is 1.23 bits per heavy atom. The second kappa shape index (κ2) is 7.57. The molecule has 2 heterocycles. The molecule has 138 valence electrons. The summed E-state index contributed by atoms with van der Waals surface area (Å²) < 4.78 is 29.0. The highest BCUT2D eigenvalue weighted by molar-refractivity contribution is 5.92. The number of rotatable bonds is 7. The third-order valence-electron chi connectivity index (χ3n) is 4.05. The third kappa shape index (κ3) is 4.40. The molecule has 1 aliphatic rings. The number of carboxylic acids is 1. The molecule has 1 amide bonds. The lowest BCUT2D eigenvalue weighted by Gasteiger charge is -2.26. The Labute approximate surface area is 148 Å². The van der Waals surface area contributed by atoms with E-state index in [-0.39, 0.29) is 31.2 Å². The summed E-state index contributed by atoms with van der Waals surface area (Å²) in [4.78, 5) is 23.4. The van der Waals surface area contributed by atoms with Gasteiger partial charge in [-0.05, 0) is 42.8 Å². The Morgan fingerprint density at radius 3 is 2.65 bits per heavy atom. The fourth-order valence-electron chi connectivity index (χ4n) is 2.74. The van der Waals surface area contributed by atoms with Crippen LogP contribution in [0.5, 0.6) is 5.75 Å². The summed E-state index contributed by atoms with van der Waals surface area (Å²) in [6.07, 6.45) is 0.201. The minimum atomic E-state index is -1.01. The van der Waals surface area contributed by atoms with E-state index in [1.807, 2.05) is 0 Å². The predicted octanol–water partition coefficient (Wildman–Crippen LogP) is 2.36. The zero-order chi connectivity index (χ0) is 18.6. The first-order valence-corrected chi connectivity index (χ1v) is 8.05. The lowest BCUT2D eigenvalue weighted by molar-refractivity contribution is -0.138. The van der Waals surface area contributed by atoms with Gasteiger partial charge in [-0.25, -0.2) is 4.39 Å². The van der Waals surface area contributed by atoms with Crippen LogP contribution in [-0.2, 0) is 16.1 Å². The number of hydrogen-bond acceptors (Lipinski definition) is 5. The lowest BCUT2D eigenvalue weighted by atomic mass is 9.94. The van der Waals surface area contributed by atoms with E-state index in [0.29, 0.717) is 24.5 Å². The normalized spacial score (nSPS) is 19.3. The standard InChI is InChI=1S/C18H18FNO6/c19-12-1-3-13(4-2-12)25-10-14-5-6-15(26-14)17(23)20-18(9-16(21)22)7-8-24-11-18/h1-6H,7-11H2,(H,20,23)(H,21,22). The van der Waals surface area contributed by atoms with E-state index in [1.165, 1.54) is 30.3 Å². The fraction of sp³-hybridized carbons (Fsp3) is 0.333. The molecular weight excluding hydrogens is 345 g/mol. The molecule has 0 aliphatic carbocycles. The number of furan rings is 1. The summed E-state index contributed by atoms with van der Waals surface area (Å²) >= 11 is 0. The molecular formula is C18H18FNO6. The van der Waals surface area contributed by atoms with E-state index < -0.39 is 17.4 Å². The summed E-state index contributed by atoms with van der Waals surface area (Å²) in [5, 5.41) is 11.8. The maximum absolute atomic E-state index is 12.9. The maximum atomic E-state index is 12.9. The van der Waals surface area contributed by atoms with Crippen molar-refractivity contribution in [2.45, 2.75) is 25.0 Å². The highest BCUT2D eigenvalue weighted by Gasteiger charge is 2.39. The van der Waals surface area contributed by atoms with Crippen molar-refractivity contribution in [3.05, 3.63) is 53.7 Å². The maximum Gasteiger partial charge on any atom is 0.305 e. The number of amides is 1. The summed E-state index contributed by atoms with van der Waals surface area (Å²) in [7, 11) is 0. The second-order valence-electron chi connectivity index (χ2n) is 6.12. The van der Waals surface area contributed by atoms with E-state index in [1.54, 1.807) is 6.07 Å². The van der Waals surface area contributed by atoms with E-state index in [9.17, 15) is 14.0 Å². The first-order chi connectivity index (χ1) is 12.5. The minimum Gasteiger partial charge on any atom is -0.486 e. The van der Waals surface area contributed by atoms with Crippen molar-refractivity contribution in [3.63, 3.8) is 0 Å². The molecule has 1 aromatic carbocycles. The molecule has 7 nitrogen and oxygen atoms in total. The Morgan fingerprint density at radius 2 is 2.00 bits per heavy atom. The molecule has 26 heavy (non-hydrogen) atoms. The second-order valence-corrected chi connectivity index (χ2v) is 6.12. The summed E-state index contributed by atoms with van der Waals surface area (Å²) in [5.74, 6) is -0.944. The lowest BCUT2D eigenvalue weighted by Crippen LogP contribution is -2.50. The number of ether oxygens (including phenoxy) is 2. The number of carbonyl (C=O) groups is 2. The van der Waals surface area contributed by atoms with Gasteiger partial charge in [0.1, 0.15) is 23.9 Å². The van der Waals surface area contributed by atoms with Crippen LogP contribution in [0.15, 0.2) is 40.8 Å². The molecule has 1 unspecified atom stereocenters. The van der Waals surface area contributed by atoms with Gasteiger partial charge in [0.2, 0.25) is 0 Å². The van der Waals surface area contributed by atoms with Crippen LogP contribution in [0.3, 0.4) is 0 Å². The quantitative estimate of drug-likeness (QED) is 0.784. The van der Waals surface area contributed by atoms with Crippen molar-refractivity contribution in [1.29, 1.82) is 0 Å². The molecule has 0 spiro atoms. The van der Waals surface area contributed by atoms with Crippen LogP contribution < -0.4 is 10.1 Å². The molecule has 0 bridgehead atoms. The molecule has 1 atom stereocenters. The monoisotopic (exact) mass is 363 g/mol. The molecule has 1 fully saturated rings. The first-order valence-electron chi connectivity index (χ1n) is 8.05. The topological polar surface area (TPSA) is 98.0 Å². The van der Waals surface area contributed by atoms with Crippen molar-refractivity contribution in [3.8, 4) is 5.75 Å². The fourth-order valence-corrected chi connectivity index (χ4v) is 2.74. The van der Waals surface area contributed by atoms with Gasteiger partial charge in [-0.1, -0.05) is 0 Å². The van der Waals surface area contributed by atoms with Gasteiger partial charge in [0, 0.05) is 6.61 Å². The van der Waals surface area contributed by atoms with Crippen molar-refractivity contribution >= 4 is 11.9 Å². The molecule has 8 heteroatoms. The Kier molecular flexibility index (Phi) is 5.22. The van der Waals surface area contributed by atoms with E-state index in [2.05, 4.69) is 5.32 Å². The number of hydrogen-bond donors (Lipinski definition) is 2. The smallest absolute Gasteiger partial charge is 0.305 e. The SMILES string of the molecule is O=C(O)CC1(NC(=O)c2ccc(COc3ccc(F)cc3)o2)CCOC1. The van der Waals surface area contributed by atoms with E-state index in [0.717, 1.165) is 0 Å². The van der Waals surface area contributed by atoms with Crippen molar-refractivity contribution < 1.29 is 33.0 Å². The number of carboxylic acid groups (broad SMARTS) is 1. The average Bonchev–Trinajstić information content (AvgIpc) is 3.23. The van der Waals surface area contributed by atoms with Gasteiger partial charge in [-0.15, -0.1) is 0 Å². The Balaban J connectivity index is 1.60. The van der Waals surface area contributed by atoms with Gasteiger partial charge in [-0.3, -0.25) is 9.59 Å². The van der Waals surface area contributed by atoms with Gasteiger partial charge < -0.3 is 24.3 Å². The zero-order valence-electron chi connectivity index (χ0n) is 13.9. The number of nitrogens with one attached hydrogen (secondary N) is 1. The van der Waals surface area contributed by atoms with Gasteiger partial charge in [0.05, 0.1) is 18.6 Å². The van der Waals surface area contributed by atoms with Crippen molar-refractivity contribution in [1.82, 2.24) is 5.32 Å². The average molecular weight is 363 g/mol. The van der Waals surface area contributed by atoms with Gasteiger partial charge >= 0.3 is 5.97 Å². The Bertz CT molecular complexity index is 779. The van der Waals surface area contributed by atoms with Crippen molar-refractivity contribution in [2.75, 3.05) is 13.2 Å². The third-order valence-corrected chi connectivity index (χ3v) is 4.05. The van der Waals surface area contributed by atoms with Gasteiger partial charge in [-0.2, -0.15) is 0 Å². The van der Waals surface area contributed by atoms with Crippen molar-refractivity contribution in [2.24, 2.45) is 0 Å². The molecule has 1 aromatic heterocycles. The van der Waals surface area contributed by atoms with Crippen LogP contribution in [0.2, 0.25) is 0 Å². The minimum absolute atomic E-state index is 0.0550. The summed E-state index contributed by atoms with van der Waals surface area (Å²) in [6, 6.07) is 8.61. The van der Waals surface area contributed by atoms with Crippen LogP contribution >= 0.6 is 0 Å². The number of halogens is 1. The van der Waals surface area contributed by atoms with Gasteiger partial charge in [0.15, 0.2) is 5.76 Å².